The molecule has 0 saturated carbocycles. The molecule has 0 saturated heterocycles. The first-order valence-corrected chi connectivity index (χ1v) is 16.6. The highest BCUT2D eigenvalue weighted by molar-refractivity contribution is 6.49. The zero-order chi connectivity index (χ0) is 33.0. The molecule has 240 valence electrons. The molecule has 0 spiro atoms. The van der Waals surface area contributed by atoms with Crippen LogP contribution in [0.25, 0.3) is 0 Å². The van der Waals surface area contributed by atoms with Crippen LogP contribution in [-0.4, -0.2) is 41.3 Å². The number of anilines is 2. The van der Waals surface area contributed by atoms with Crippen LogP contribution in [0.2, 0.25) is 0 Å². The fourth-order valence-electron chi connectivity index (χ4n) is 5.89. The molecule has 4 aromatic rings. The Balaban J connectivity index is 1.42. The summed E-state index contributed by atoms with van der Waals surface area (Å²) in [5, 5.41) is 6.89. The van der Waals surface area contributed by atoms with Crippen LogP contribution in [0.1, 0.15) is 77.6 Å². The number of ether oxygens (including phenoxy) is 1. The number of para-hydroxylation sites is 2. The Labute approximate surface area is 278 Å². The van der Waals surface area contributed by atoms with Gasteiger partial charge in [0.05, 0.1) is 0 Å². The SMILES string of the molecule is CC(C)(C)c1cc(BOCCNc2ccccc2)c2c(c1)C(C)(C)c1cc(C(C)(C)C)cc(BOCCNc3ccccc3)c1O2. The number of hydrogen-bond donors (Lipinski definition) is 2. The van der Waals surface area contributed by atoms with Crippen LogP contribution in [0.4, 0.5) is 11.4 Å². The summed E-state index contributed by atoms with van der Waals surface area (Å²) in [6.45, 7) is 20.9. The summed E-state index contributed by atoms with van der Waals surface area (Å²) >= 11 is 0. The van der Waals surface area contributed by atoms with Crippen molar-refractivity contribution in [3.05, 3.63) is 107 Å². The molecule has 4 aromatic carbocycles. The van der Waals surface area contributed by atoms with Crippen molar-refractivity contribution in [2.45, 2.75) is 71.6 Å². The highest BCUT2D eigenvalue weighted by Gasteiger charge is 2.39. The third-order valence-corrected chi connectivity index (χ3v) is 8.83. The summed E-state index contributed by atoms with van der Waals surface area (Å²) < 4.78 is 19.5. The first-order valence-electron chi connectivity index (χ1n) is 16.6. The highest BCUT2D eigenvalue weighted by atomic mass is 16.5. The average Bonchev–Trinajstić information content (AvgIpc) is 3.01. The van der Waals surface area contributed by atoms with Crippen molar-refractivity contribution in [2.24, 2.45) is 0 Å². The lowest BCUT2D eigenvalue weighted by Crippen LogP contribution is -2.36. The van der Waals surface area contributed by atoms with Gasteiger partial charge in [-0.25, -0.2) is 0 Å². The van der Waals surface area contributed by atoms with Crippen molar-refractivity contribution in [3.8, 4) is 11.5 Å². The van der Waals surface area contributed by atoms with Gasteiger partial charge in [0.25, 0.3) is 0 Å². The summed E-state index contributed by atoms with van der Waals surface area (Å²) in [7, 11) is 0.955. The van der Waals surface area contributed by atoms with E-state index in [1.807, 2.05) is 36.4 Å². The maximum atomic E-state index is 6.97. The Hall–Kier alpha value is -3.67. The van der Waals surface area contributed by atoms with E-state index in [1.165, 1.54) is 22.3 Å². The van der Waals surface area contributed by atoms with Gasteiger partial charge in [-0.3, -0.25) is 0 Å². The monoisotopic (exact) mass is 616 g/mol. The van der Waals surface area contributed by atoms with E-state index in [1.54, 1.807) is 0 Å². The fraction of sp³-hybridized carbons (Fsp3) is 0.385. The number of rotatable bonds is 12. The van der Waals surface area contributed by atoms with Gasteiger partial charge < -0.3 is 24.7 Å². The van der Waals surface area contributed by atoms with E-state index in [9.17, 15) is 0 Å². The Kier molecular flexibility index (Phi) is 10.2. The molecular weight excluding hydrogens is 566 g/mol. The molecule has 0 unspecified atom stereocenters. The normalized spacial score (nSPS) is 13.7. The lowest BCUT2D eigenvalue weighted by atomic mass is 9.67. The van der Waals surface area contributed by atoms with E-state index in [4.69, 9.17) is 14.0 Å². The summed E-state index contributed by atoms with van der Waals surface area (Å²) in [6.07, 6.45) is 0. The minimum absolute atomic E-state index is 0.0188. The molecule has 0 atom stereocenters. The Morgan fingerprint density at radius 1 is 0.609 bits per heavy atom. The lowest BCUT2D eigenvalue weighted by molar-refractivity contribution is 0.355. The number of benzene rings is 4. The van der Waals surface area contributed by atoms with Crippen molar-refractivity contribution in [1.29, 1.82) is 0 Å². The first kappa shape index (κ1) is 33.7. The minimum atomic E-state index is -0.279. The molecule has 46 heavy (non-hydrogen) atoms. The highest BCUT2D eigenvalue weighted by Crippen LogP contribution is 2.48. The number of hydrogen-bond acceptors (Lipinski definition) is 5. The summed E-state index contributed by atoms with van der Waals surface area (Å²) in [5.41, 5.74) is 9.03. The van der Waals surface area contributed by atoms with Crippen molar-refractivity contribution in [1.82, 2.24) is 0 Å². The van der Waals surface area contributed by atoms with Gasteiger partial charge >= 0.3 is 15.0 Å². The second-order valence-corrected chi connectivity index (χ2v) is 14.9. The maximum Gasteiger partial charge on any atom is 0.312 e. The van der Waals surface area contributed by atoms with Gasteiger partial charge in [-0.1, -0.05) is 116 Å². The quantitative estimate of drug-likeness (QED) is 0.134. The van der Waals surface area contributed by atoms with Gasteiger partial charge in [-0.05, 0) is 57.1 Å². The van der Waals surface area contributed by atoms with Gasteiger partial charge in [-0.2, -0.15) is 0 Å². The van der Waals surface area contributed by atoms with Gasteiger partial charge in [0.1, 0.15) is 11.5 Å². The van der Waals surface area contributed by atoms with Crippen LogP contribution < -0.4 is 26.3 Å². The first-order chi connectivity index (χ1) is 21.8. The van der Waals surface area contributed by atoms with Crippen LogP contribution in [-0.2, 0) is 25.6 Å². The van der Waals surface area contributed by atoms with E-state index in [0.717, 1.165) is 46.9 Å². The lowest BCUT2D eigenvalue weighted by Gasteiger charge is -2.39. The second kappa shape index (κ2) is 14.0. The second-order valence-electron chi connectivity index (χ2n) is 14.9. The molecule has 2 N–H and O–H groups in total. The third-order valence-electron chi connectivity index (χ3n) is 8.83. The average molecular weight is 616 g/mol. The molecule has 0 aromatic heterocycles. The van der Waals surface area contributed by atoms with E-state index in [0.29, 0.717) is 28.2 Å². The molecule has 0 fully saturated rings. The molecule has 1 aliphatic rings. The predicted octanol–water partition coefficient (Wildman–Crippen LogP) is 6.92. The van der Waals surface area contributed by atoms with Crippen molar-refractivity contribution >= 4 is 37.3 Å². The third kappa shape index (κ3) is 8.00. The molecule has 5 rings (SSSR count). The summed E-state index contributed by atoms with van der Waals surface area (Å²) in [6, 6.07) is 29.8. The Morgan fingerprint density at radius 2 is 1.00 bits per heavy atom. The molecule has 1 heterocycles. The number of fused-ring (bicyclic) bond motifs is 2. The van der Waals surface area contributed by atoms with Crippen LogP contribution in [0.5, 0.6) is 11.5 Å². The van der Waals surface area contributed by atoms with Crippen LogP contribution >= 0.6 is 0 Å². The van der Waals surface area contributed by atoms with E-state index in [-0.39, 0.29) is 16.2 Å². The van der Waals surface area contributed by atoms with E-state index < -0.39 is 0 Å². The van der Waals surface area contributed by atoms with Crippen LogP contribution in [0.3, 0.4) is 0 Å². The smallest absolute Gasteiger partial charge is 0.312 e. The van der Waals surface area contributed by atoms with E-state index >= 15 is 0 Å². The fourth-order valence-corrected chi connectivity index (χ4v) is 5.89. The topological polar surface area (TPSA) is 51.8 Å². The Bertz CT molecular complexity index is 1490. The van der Waals surface area contributed by atoms with Gasteiger partial charge in [0.2, 0.25) is 0 Å². The van der Waals surface area contributed by atoms with Crippen LogP contribution in [0.15, 0.2) is 84.9 Å². The summed E-state index contributed by atoms with van der Waals surface area (Å²) in [5.74, 6) is 1.83. The zero-order valence-electron chi connectivity index (χ0n) is 29.1. The largest absolute Gasteiger partial charge is 0.458 e. The molecule has 5 nitrogen and oxygen atoms in total. The van der Waals surface area contributed by atoms with Crippen molar-refractivity contribution in [2.75, 3.05) is 36.9 Å². The van der Waals surface area contributed by atoms with Gasteiger partial charge in [-0.15, -0.1) is 0 Å². The van der Waals surface area contributed by atoms with Crippen molar-refractivity contribution < 1.29 is 14.0 Å². The molecule has 7 heteroatoms. The van der Waals surface area contributed by atoms with Gasteiger partial charge in [0.15, 0.2) is 0 Å². The van der Waals surface area contributed by atoms with Crippen LogP contribution in [0, 0.1) is 0 Å². The standard InChI is InChI=1S/C39H50B2N2O3/c1-37(2,3)27-23-31-35(33(25-27)40-44-21-19-42-29-15-11-9-12-16-29)46-36-32(39(31,7)8)24-28(38(4,5)6)26-34(36)41-45-22-20-43-30-17-13-10-14-18-30/h9-18,23-26,40-43H,19-22H2,1-8H3. The molecule has 1 aliphatic heterocycles. The van der Waals surface area contributed by atoms with Crippen molar-refractivity contribution in [3.63, 3.8) is 0 Å². The predicted molar refractivity (Wildman–Crippen MR) is 198 cm³/mol. The molecule has 0 aliphatic carbocycles. The van der Waals surface area contributed by atoms with Gasteiger partial charge in [0, 0.05) is 54.2 Å². The summed E-state index contributed by atoms with van der Waals surface area (Å²) in [4.78, 5) is 0. The maximum absolute atomic E-state index is 6.97. The van der Waals surface area contributed by atoms with E-state index in [2.05, 4.69) is 115 Å². The molecular formula is C39H50B2N2O3. The Morgan fingerprint density at radius 3 is 1.37 bits per heavy atom. The molecule has 0 radical (unpaired) electrons. The molecule has 0 bridgehead atoms. The molecule has 0 amide bonds. The number of nitrogens with one attached hydrogen (secondary N) is 2. The minimum Gasteiger partial charge on any atom is -0.458 e. The zero-order valence-corrected chi connectivity index (χ0v) is 29.1.